The van der Waals surface area contributed by atoms with Gasteiger partial charge in [0.1, 0.15) is 17.6 Å². The minimum absolute atomic E-state index is 0.0161. The zero-order chi connectivity index (χ0) is 30.3. The number of fused-ring (bicyclic) bond motifs is 1. The number of aromatic nitrogens is 4. The van der Waals surface area contributed by atoms with E-state index in [0.717, 1.165) is 40.6 Å². The molecule has 2 atom stereocenters. The number of hydrogen-bond donors (Lipinski definition) is 0. The van der Waals surface area contributed by atoms with Crippen LogP contribution in [0.1, 0.15) is 80.1 Å². The summed E-state index contributed by atoms with van der Waals surface area (Å²) in [5.74, 6) is 1.38. The number of ether oxygens (including phenoxy) is 2. The number of hydrogen-bond acceptors (Lipinski definition) is 6. The Labute approximate surface area is 252 Å². The summed E-state index contributed by atoms with van der Waals surface area (Å²) in [6, 6.07) is 16.4. The molecular formula is C34H40FN5O3. The molecule has 0 N–H and O–H groups in total. The van der Waals surface area contributed by atoms with Gasteiger partial charge < -0.3 is 14.4 Å². The fourth-order valence-electron chi connectivity index (χ4n) is 6.16. The van der Waals surface area contributed by atoms with E-state index in [1.807, 2.05) is 75.8 Å². The standard InChI is InChI=1S/C34H40FN5O3/c1-21-13-25-18-36-40(31(25)16-28(21)27-11-12-39(19-29(27)35)33(41)43-34(3,4)5)32-17-30(37-22(2)38-32)24-14-26(15-24)42-20-23-9-7-6-8-10-23/h6-10,13,16-18,24,26-27,29H,11-12,14-15,19-20H2,1-5H3/t24-,26-,27?,29?. The van der Waals surface area contributed by atoms with Crippen LogP contribution in [0, 0.1) is 13.8 Å². The third kappa shape index (κ3) is 6.42. The van der Waals surface area contributed by atoms with Crippen molar-refractivity contribution in [2.45, 2.75) is 90.2 Å². The molecule has 1 amide bonds. The minimum Gasteiger partial charge on any atom is -0.444 e. The number of benzene rings is 2. The van der Waals surface area contributed by atoms with Crippen molar-refractivity contribution >= 4 is 17.0 Å². The molecule has 43 heavy (non-hydrogen) atoms. The molecule has 0 bridgehead atoms. The molecule has 9 heteroatoms. The Morgan fingerprint density at radius 2 is 1.84 bits per heavy atom. The van der Waals surface area contributed by atoms with E-state index in [0.29, 0.717) is 37.1 Å². The fourth-order valence-corrected chi connectivity index (χ4v) is 6.16. The van der Waals surface area contributed by atoms with Crippen molar-refractivity contribution in [2.75, 3.05) is 13.1 Å². The second kappa shape index (κ2) is 11.7. The molecule has 0 spiro atoms. The van der Waals surface area contributed by atoms with Crippen LogP contribution in [0.25, 0.3) is 16.7 Å². The molecule has 4 aromatic rings. The van der Waals surface area contributed by atoms with E-state index in [-0.39, 0.29) is 18.6 Å². The van der Waals surface area contributed by atoms with Gasteiger partial charge in [-0.1, -0.05) is 30.3 Å². The smallest absolute Gasteiger partial charge is 0.410 e. The minimum atomic E-state index is -1.20. The van der Waals surface area contributed by atoms with Gasteiger partial charge in [-0.25, -0.2) is 23.8 Å². The zero-order valence-electron chi connectivity index (χ0n) is 25.6. The Balaban J connectivity index is 1.18. The number of amides is 1. The second-order valence-corrected chi connectivity index (χ2v) is 12.9. The molecule has 2 unspecified atom stereocenters. The molecule has 1 aliphatic carbocycles. The Bertz CT molecular complexity index is 1610. The molecule has 1 saturated heterocycles. The third-order valence-electron chi connectivity index (χ3n) is 8.45. The van der Waals surface area contributed by atoms with Crippen LogP contribution in [-0.4, -0.2) is 61.7 Å². The lowest BCUT2D eigenvalue weighted by Crippen LogP contribution is -2.46. The van der Waals surface area contributed by atoms with Gasteiger partial charge in [-0.3, -0.25) is 0 Å². The lowest BCUT2D eigenvalue weighted by molar-refractivity contribution is -0.0215. The Hall–Kier alpha value is -3.85. The average molecular weight is 586 g/mol. The summed E-state index contributed by atoms with van der Waals surface area (Å²) in [5, 5.41) is 5.65. The summed E-state index contributed by atoms with van der Waals surface area (Å²) in [6.07, 6.45) is 2.75. The Morgan fingerprint density at radius 1 is 1.07 bits per heavy atom. The van der Waals surface area contributed by atoms with Crippen LogP contribution < -0.4 is 0 Å². The van der Waals surface area contributed by atoms with Crippen molar-refractivity contribution in [3.05, 3.63) is 82.9 Å². The van der Waals surface area contributed by atoms with Crippen LogP contribution in [-0.2, 0) is 16.1 Å². The molecule has 2 aliphatic rings. The Kier molecular flexibility index (Phi) is 7.94. The maximum atomic E-state index is 15.6. The highest BCUT2D eigenvalue weighted by molar-refractivity contribution is 5.82. The highest BCUT2D eigenvalue weighted by Crippen LogP contribution is 2.39. The highest BCUT2D eigenvalue weighted by Gasteiger charge is 2.36. The summed E-state index contributed by atoms with van der Waals surface area (Å²) < 4.78 is 29.1. The molecule has 8 nitrogen and oxygen atoms in total. The monoisotopic (exact) mass is 585 g/mol. The number of carbonyl (C=O) groups is 1. The topological polar surface area (TPSA) is 82.4 Å². The van der Waals surface area contributed by atoms with Gasteiger partial charge in [0.2, 0.25) is 0 Å². The van der Waals surface area contributed by atoms with E-state index in [1.54, 1.807) is 0 Å². The van der Waals surface area contributed by atoms with E-state index in [9.17, 15) is 4.79 Å². The first-order valence-electron chi connectivity index (χ1n) is 15.2. The molecule has 2 aromatic carbocycles. The number of halogens is 1. The van der Waals surface area contributed by atoms with Gasteiger partial charge in [-0.2, -0.15) is 5.10 Å². The molecule has 3 heterocycles. The van der Waals surface area contributed by atoms with Gasteiger partial charge >= 0.3 is 6.09 Å². The fraction of sp³-hybridized carbons (Fsp3) is 0.471. The largest absolute Gasteiger partial charge is 0.444 e. The molecule has 6 rings (SSSR count). The van der Waals surface area contributed by atoms with Crippen molar-refractivity contribution < 1.29 is 18.7 Å². The maximum Gasteiger partial charge on any atom is 0.410 e. The summed E-state index contributed by atoms with van der Waals surface area (Å²) >= 11 is 0. The quantitative estimate of drug-likeness (QED) is 0.243. The van der Waals surface area contributed by atoms with E-state index in [1.165, 1.54) is 10.5 Å². The molecule has 226 valence electrons. The summed E-state index contributed by atoms with van der Waals surface area (Å²) in [6.45, 7) is 10.5. The SMILES string of the molecule is Cc1nc(-n2ncc3cc(C)c(C4CCN(C(=O)OC(C)(C)C)CC4F)cc32)cc([C@H]2C[C@H](OCc3ccccc3)C2)n1. The predicted octanol–water partition coefficient (Wildman–Crippen LogP) is 6.96. The average Bonchev–Trinajstić information content (AvgIpc) is 3.34. The third-order valence-corrected chi connectivity index (χ3v) is 8.45. The van der Waals surface area contributed by atoms with Crippen molar-refractivity contribution in [1.82, 2.24) is 24.6 Å². The predicted molar refractivity (Wildman–Crippen MR) is 163 cm³/mol. The van der Waals surface area contributed by atoms with Gasteiger partial charge in [0.15, 0.2) is 5.82 Å². The number of rotatable bonds is 6. The number of alkyl halides is 1. The number of likely N-dealkylation sites (tertiary alicyclic amines) is 1. The van der Waals surface area contributed by atoms with Gasteiger partial charge in [-0.15, -0.1) is 0 Å². The molecule has 2 aromatic heterocycles. The summed E-state index contributed by atoms with van der Waals surface area (Å²) in [5.41, 5.74) is 4.39. The molecule has 1 saturated carbocycles. The van der Waals surface area contributed by atoms with Crippen LogP contribution in [0.4, 0.5) is 9.18 Å². The summed E-state index contributed by atoms with van der Waals surface area (Å²) in [4.78, 5) is 23.5. The van der Waals surface area contributed by atoms with Gasteiger partial charge in [0, 0.05) is 35.5 Å². The van der Waals surface area contributed by atoms with Gasteiger partial charge in [-0.05, 0) is 82.7 Å². The first-order chi connectivity index (χ1) is 20.5. The Morgan fingerprint density at radius 3 is 2.56 bits per heavy atom. The maximum absolute atomic E-state index is 15.6. The van der Waals surface area contributed by atoms with Crippen LogP contribution >= 0.6 is 0 Å². The number of nitrogens with zero attached hydrogens (tertiary/aromatic N) is 5. The second-order valence-electron chi connectivity index (χ2n) is 12.9. The summed E-state index contributed by atoms with van der Waals surface area (Å²) in [7, 11) is 0. The van der Waals surface area contributed by atoms with Gasteiger partial charge in [0.25, 0.3) is 0 Å². The van der Waals surface area contributed by atoms with Crippen LogP contribution in [0.15, 0.2) is 54.7 Å². The van der Waals surface area contributed by atoms with E-state index < -0.39 is 17.9 Å². The molecule has 0 radical (unpaired) electrons. The first-order valence-corrected chi connectivity index (χ1v) is 15.2. The van der Waals surface area contributed by atoms with Crippen LogP contribution in [0.3, 0.4) is 0 Å². The van der Waals surface area contributed by atoms with E-state index >= 15 is 4.39 Å². The van der Waals surface area contributed by atoms with Crippen molar-refractivity contribution in [3.8, 4) is 5.82 Å². The van der Waals surface area contributed by atoms with E-state index in [4.69, 9.17) is 19.4 Å². The number of piperidine rings is 1. The van der Waals surface area contributed by atoms with Crippen LogP contribution in [0.2, 0.25) is 0 Å². The zero-order valence-corrected chi connectivity index (χ0v) is 25.6. The van der Waals surface area contributed by atoms with Crippen molar-refractivity contribution in [1.29, 1.82) is 0 Å². The van der Waals surface area contributed by atoms with Gasteiger partial charge in [0.05, 0.1) is 31.0 Å². The molecule has 1 aliphatic heterocycles. The molecule has 2 fully saturated rings. The van der Waals surface area contributed by atoms with Crippen molar-refractivity contribution in [2.24, 2.45) is 0 Å². The first kappa shape index (κ1) is 29.2. The van der Waals surface area contributed by atoms with Crippen LogP contribution in [0.5, 0.6) is 0 Å². The number of carbonyl (C=O) groups excluding carboxylic acids is 1. The lowest BCUT2D eigenvalue weighted by atomic mass is 9.80. The normalized spacial score (nSPS) is 22.4. The highest BCUT2D eigenvalue weighted by atomic mass is 19.1. The van der Waals surface area contributed by atoms with E-state index in [2.05, 4.69) is 23.3 Å². The molecular weight excluding hydrogens is 545 g/mol. The number of aryl methyl sites for hydroxylation is 2. The lowest BCUT2D eigenvalue weighted by Gasteiger charge is -2.36. The van der Waals surface area contributed by atoms with Crippen molar-refractivity contribution in [3.63, 3.8) is 0 Å².